The molecule has 0 atom stereocenters. The molecule has 288 valence electrons. The quantitative estimate of drug-likeness (QED) is 0.0631. The Morgan fingerprint density at radius 1 is 0.868 bits per heavy atom. The van der Waals surface area contributed by atoms with Crippen LogP contribution in [-0.2, 0) is 34.8 Å². The van der Waals surface area contributed by atoms with E-state index in [0.29, 0.717) is 12.8 Å². The maximum Gasteiger partial charge on any atom is 0.239 e. The van der Waals surface area contributed by atoms with Gasteiger partial charge in [0.1, 0.15) is 12.0 Å². The van der Waals surface area contributed by atoms with Crippen LogP contribution >= 0.6 is 11.8 Å². The number of hydrogen-bond donors (Lipinski definition) is 5. The van der Waals surface area contributed by atoms with Gasteiger partial charge in [0.2, 0.25) is 17.7 Å². The van der Waals surface area contributed by atoms with Crippen LogP contribution in [0.2, 0.25) is 0 Å². The normalized spacial score (nSPS) is 14.1. The van der Waals surface area contributed by atoms with Gasteiger partial charge in [-0.3, -0.25) is 19.2 Å². The molecule has 3 rings (SSSR count). The van der Waals surface area contributed by atoms with Crippen LogP contribution in [0.15, 0.2) is 84.6 Å². The fourth-order valence-corrected chi connectivity index (χ4v) is 6.29. The summed E-state index contributed by atoms with van der Waals surface area (Å²) in [6, 6.07) is 17.2. The maximum atomic E-state index is 12.2. The van der Waals surface area contributed by atoms with E-state index >= 15 is 0 Å². The largest absolute Gasteiger partial charge is 0.355 e. The molecule has 0 bridgehead atoms. The molecule has 0 saturated heterocycles. The highest BCUT2D eigenvalue weighted by Gasteiger charge is 2.39. The van der Waals surface area contributed by atoms with Crippen molar-refractivity contribution in [2.45, 2.75) is 64.7 Å². The minimum atomic E-state index is -0.404. The Morgan fingerprint density at radius 2 is 1.51 bits per heavy atom. The predicted octanol–water partition coefficient (Wildman–Crippen LogP) is 3.79. The summed E-state index contributed by atoms with van der Waals surface area (Å²) in [5.74, 6) is -0.646. The molecule has 2 aromatic rings. The number of carbonyl (C=O) groups excluding carboxylic acids is 5. The zero-order chi connectivity index (χ0) is 39.3. The SMILES string of the molecule is CC(=O)SCC=O.CNCC(=O)NCC(=O)NCC(=O)NCCCCN1/C(=C/C=C/C=C/CC(C)(C)c2ccccc2[NH2+]C)C(C)(C)c2ccccc21. The van der Waals surface area contributed by atoms with Crippen molar-refractivity contribution in [2.24, 2.45) is 0 Å². The number of unbranched alkanes of at least 4 members (excludes halogenated alkanes) is 1. The summed E-state index contributed by atoms with van der Waals surface area (Å²) in [4.78, 5) is 57.4. The van der Waals surface area contributed by atoms with E-state index in [-0.39, 0.29) is 53.1 Å². The number of quaternary nitrogens is 1. The molecule has 0 unspecified atom stereocenters. The summed E-state index contributed by atoms with van der Waals surface area (Å²) >= 11 is 1.02. The number of thioether (sulfide) groups is 1. The first-order chi connectivity index (χ1) is 25.3. The van der Waals surface area contributed by atoms with Gasteiger partial charge >= 0.3 is 0 Å². The Bertz CT molecular complexity index is 1620. The number of nitrogens with zero attached hydrogens (tertiary/aromatic N) is 1. The zero-order valence-electron chi connectivity index (χ0n) is 32.4. The maximum absolute atomic E-state index is 12.2. The van der Waals surface area contributed by atoms with E-state index in [1.54, 1.807) is 7.05 Å². The lowest BCUT2D eigenvalue weighted by atomic mass is 9.80. The van der Waals surface area contributed by atoms with Gasteiger partial charge in [-0.05, 0) is 55.5 Å². The second-order valence-corrected chi connectivity index (χ2v) is 14.9. The van der Waals surface area contributed by atoms with Gasteiger partial charge in [-0.25, -0.2) is 0 Å². The van der Waals surface area contributed by atoms with Gasteiger partial charge in [0.25, 0.3) is 0 Å². The topological polar surface area (TPSA) is 153 Å². The van der Waals surface area contributed by atoms with Crippen LogP contribution in [0.4, 0.5) is 11.4 Å². The third-order valence-corrected chi connectivity index (χ3v) is 9.46. The van der Waals surface area contributed by atoms with Crippen LogP contribution in [-0.4, -0.2) is 81.7 Å². The van der Waals surface area contributed by atoms with Crippen LogP contribution < -0.4 is 31.5 Å². The number of amides is 3. The van der Waals surface area contributed by atoms with E-state index < -0.39 is 5.91 Å². The smallest absolute Gasteiger partial charge is 0.239 e. The van der Waals surface area contributed by atoms with Gasteiger partial charge < -0.3 is 36.3 Å². The van der Waals surface area contributed by atoms with E-state index in [4.69, 9.17) is 0 Å². The van der Waals surface area contributed by atoms with E-state index in [1.807, 2.05) is 0 Å². The molecule has 3 amide bonds. The van der Waals surface area contributed by atoms with Gasteiger partial charge in [0, 0.05) is 42.4 Å². The van der Waals surface area contributed by atoms with Gasteiger partial charge in [0.15, 0.2) is 5.12 Å². The van der Waals surface area contributed by atoms with Crippen LogP contribution in [0.1, 0.15) is 65.0 Å². The Balaban J connectivity index is 0.00000126. The summed E-state index contributed by atoms with van der Waals surface area (Å²) in [7, 11) is 3.74. The van der Waals surface area contributed by atoms with Gasteiger partial charge in [-0.2, -0.15) is 0 Å². The molecule has 6 N–H and O–H groups in total. The molecule has 1 aliphatic heterocycles. The number of para-hydroxylation sites is 2. The van der Waals surface area contributed by atoms with Crippen LogP contribution in [0.5, 0.6) is 0 Å². The first-order valence-electron chi connectivity index (χ1n) is 18.1. The Kier molecular flexibility index (Phi) is 19.5. The molecule has 0 spiro atoms. The third kappa shape index (κ3) is 15.2. The number of hydrogen-bond acceptors (Lipinski definition) is 8. The van der Waals surface area contributed by atoms with E-state index in [9.17, 15) is 24.0 Å². The molecular weight excluding hydrogens is 689 g/mol. The summed E-state index contributed by atoms with van der Waals surface area (Å²) in [5, 5.41) is 12.8. The Hall–Kier alpha value is -4.52. The number of aldehydes is 1. The van der Waals surface area contributed by atoms with Crippen molar-refractivity contribution in [1.29, 1.82) is 0 Å². The molecule has 12 heteroatoms. The molecule has 0 aromatic heterocycles. The van der Waals surface area contributed by atoms with Crippen molar-refractivity contribution in [2.75, 3.05) is 57.5 Å². The highest BCUT2D eigenvalue weighted by molar-refractivity contribution is 8.14. The lowest BCUT2D eigenvalue weighted by Gasteiger charge is -2.27. The van der Waals surface area contributed by atoms with E-state index in [0.717, 1.165) is 37.6 Å². The number of nitrogens with one attached hydrogen (secondary N) is 4. The summed E-state index contributed by atoms with van der Waals surface area (Å²) in [6.07, 6.45) is 14.2. The second-order valence-electron chi connectivity index (χ2n) is 13.7. The number of fused-ring (bicyclic) bond motifs is 1. The molecule has 0 aliphatic carbocycles. The lowest BCUT2D eigenvalue weighted by molar-refractivity contribution is -0.540. The van der Waals surface area contributed by atoms with Crippen molar-refractivity contribution < 1.29 is 29.3 Å². The summed E-state index contributed by atoms with van der Waals surface area (Å²) in [6.45, 7) is 11.8. The Morgan fingerprint density at radius 3 is 2.15 bits per heavy atom. The Labute approximate surface area is 319 Å². The summed E-state index contributed by atoms with van der Waals surface area (Å²) < 4.78 is 0. The minimum Gasteiger partial charge on any atom is -0.355 e. The highest BCUT2D eigenvalue weighted by Crippen LogP contribution is 2.47. The first-order valence-corrected chi connectivity index (χ1v) is 19.1. The van der Waals surface area contributed by atoms with E-state index in [1.165, 1.54) is 35.1 Å². The van der Waals surface area contributed by atoms with Crippen LogP contribution in [0.3, 0.4) is 0 Å². The number of carbonyl (C=O) groups is 5. The van der Waals surface area contributed by atoms with Crippen molar-refractivity contribution in [3.63, 3.8) is 0 Å². The summed E-state index contributed by atoms with van der Waals surface area (Å²) in [5.41, 5.74) is 6.35. The molecule has 0 saturated carbocycles. The van der Waals surface area contributed by atoms with Crippen LogP contribution in [0, 0.1) is 0 Å². The van der Waals surface area contributed by atoms with Crippen molar-refractivity contribution in [3.8, 4) is 0 Å². The number of likely N-dealkylation sites (N-methyl/N-ethyl adjacent to an activating group) is 1. The molecule has 0 fully saturated rings. The van der Waals surface area contributed by atoms with Crippen molar-refractivity contribution in [1.82, 2.24) is 21.3 Å². The molecule has 0 radical (unpaired) electrons. The van der Waals surface area contributed by atoms with Crippen molar-refractivity contribution in [3.05, 3.63) is 95.7 Å². The minimum absolute atomic E-state index is 0.00731. The van der Waals surface area contributed by atoms with Gasteiger partial charge in [0.05, 0.1) is 32.4 Å². The average molecular weight is 748 g/mol. The number of benzene rings is 2. The fraction of sp³-hybridized carbons (Fsp3) is 0.439. The lowest BCUT2D eigenvalue weighted by Crippen LogP contribution is -2.73. The number of nitrogens with two attached hydrogens (primary N) is 1. The van der Waals surface area contributed by atoms with Crippen molar-refractivity contribution >= 4 is 52.3 Å². The molecule has 1 heterocycles. The fourth-order valence-electron chi connectivity index (χ4n) is 5.99. The molecule has 53 heavy (non-hydrogen) atoms. The molecule has 11 nitrogen and oxygen atoms in total. The van der Waals surface area contributed by atoms with Gasteiger partial charge in [-0.15, -0.1) is 0 Å². The number of allylic oxidation sites excluding steroid dienone is 6. The van der Waals surface area contributed by atoms with E-state index in [2.05, 4.69) is 145 Å². The number of rotatable bonds is 19. The second kappa shape index (κ2) is 23.2. The zero-order valence-corrected chi connectivity index (χ0v) is 33.2. The molecular formula is C41H59N6O5S+. The van der Waals surface area contributed by atoms with Gasteiger partial charge in [-0.1, -0.05) is 100 Å². The predicted molar refractivity (Wildman–Crippen MR) is 216 cm³/mol. The first kappa shape index (κ1) is 44.6. The molecule has 1 aliphatic rings. The average Bonchev–Trinajstić information content (AvgIpc) is 3.35. The molecule has 2 aromatic carbocycles. The highest BCUT2D eigenvalue weighted by atomic mass is 32.2. The van der Waals surface area contributed by atoms with Crippen LogP contribution in [0.25, 0.3) is 0 Å². The monoisotopic (exact) mass is 747 g/mol. The standard InChI is InChI=1S/C37H52N6O3.C4H6O2S/c1-36(2,28-17-10-12-19-30(28)39-6)22-14-8-7-9-21-32-37(3,4)29-18-11-13-20-31(29)43(32)24-16-15-23-40-34(45)26-42-35(46)27-41-33(44)25-38-5;1-4(6)7-3-2-5/h7-14,17-21,38-39H,15-16,22-27H2,1-6H3,(H,40,45)(H,41,44)(H,42,46);2H,3H2,1H3/p+1/b9-7+,14-8+,32-21+;. The number of anilines is 1. The third-order valence-electron chi connectivity index (χ3n) is 8.76.